The van der Waals surface area contributed by atoms with E-state index in [1.165, 1.54) is 0 Å². The second-order valence-electron chi connectivity index (χ2n) is 3.48. The molecule has 0 unspecified atom stereocenters. The van der Waals surface area contributed by atoms with E-state index in [9.17, 15) is 5.11 Å². The van der Waals surface area contributed by atoms with Crippen LogP contribution in [0.5, 0.6) is 5.75 Å². The standard InChI is InChI=1S/C10H14BrNO/c1-6(2)10(12)8-4-3-7(13)5-9(8)11/h3-6,10,13H,12H2,1-2H3/t10-/m0/s1. The van der Waals surface area contributed by atoms with Gasteiger partial charge in [0.05, 0.1) is 0 Å². The summed E-state index contributed by atoms with van der Waals surface area (Å²) in [5.41, 5.74) is 7.01. The van der Waals surface area contributed by atoms with Gasteiger partial charge in [0, 0.05) is 10.5 Å². The monoisotopic (exact) mass is 243 g/mol. The summed E-state index contributed by atoms with van der Waals surface area (Å²) < 4.78 is 0.869. The van der Waals surface area contributed by atoms with E-state index in [-0.39, 0.29) is 11.8 Å². The molecule has 0 bridgehead atoms. The summed E-state index contributed by atoms with van der Waals surface area (Å²) in [6.45, 7) is 4.15. The minimum absolute atomic E-state index is 0.00924. The number of hydrogen-bond acceptors (Lipinski definition) is 2. The number of benzene rings is 1. The number of aromatic hydroxyl groups is 1. The minimum atomic E-state index is 0.00924. The Morgan fingerprint density at radius 3 is 2.46 bits per heavy atom. The number of phenols is 1. The summed E-state index contributed by atoms with van der Waals surface area (Å²) >= 11 is 3.38. The lowest BCUT2D eigenvalue weighted by atomic mass is 9.97. The lowest BCUT2D eigenvalue weighted by Crippen LogP contribution is -2.16. The van der Waals surface area contributed by atoms with Crippen LogP contribution in [0.4, 0.5) is 0 Å². The third-order valence-electron chi connectivity index (χ3n) is 2.06. The Morgan fingerprint density at radius 1 is 1.38 bits per heavy atom. The van der Waals surface area contributed by atoms with Crippen molar-refractivity contribution in [1.82, 2.24) is 0 Å². The highest BCUT2D eigenvalue weighted by Gasteiger charge is 2.13. The van der Waals surface area contributed by atoms with Crippen molar-refractivity contribution in [3.8, 4) is 5.75 Å². The van der Waals surface area contributed by atoms with Crippen molar-refractivity contribution in [3.63, 3.8) is 0 Å². The Labute approximate surface area is 86.9 Å². The van der Waals surface area contributed by atoms with Crippen molar-refractivity contribution >= 4 is 15.9 Å². The summed E-state index contributed by atoms with van der Waals surface area (Å²) in [6.07, 6.45) is 0. The highest BCUT2D eigenvalue weighted by atomic mass is 79.9. The average molecular weight is 244 g/mol. The van der Waals surface area contributed by atoms with Crippen molar-refractivity contribution in [3.05, 3.63) is 28.2 Å². The Morgan fingerprint density at radius 2 is 2.00 bits per heavy atom. The Hall–Kier alpha value is -0.540. The van der Waals surface area contributed by atoms with Gasteiger partial charge in [0.25, 0.3) is 0 Å². The maximum Gasteiger partial charge on any atom is 0.116 e. The van der Waals surface area contributed by atoms with Gasteiger partial charge in [0.1, 0.15) is 5.75 Å². The molecule has 0 heterocycles. The van der Waals surface area contributed by atoms with Gasteiger partial charge in [0.15, 0.2) is 0 Å². The molecular weight excluding hydrogens is 230 g/mol. The molecule has 1 rings (SSSR count). The van der Waals surface area contributed by atoms with Gasteiger partial charge in [-0.3, -0.25) is 0 Å². The molecule has 3 N–H and O–H groups in total. The van der Waals surface area contributed by atoms with E-state index in [0.717, 1.165) is 10.0 Å². The molecule has 2 nitrogen and oxygen atoms in total. The molecule has 0 aromatic heterocycles. The maximum atomic E-state index is 9.19. The second-order valence-corrected chi connectivity index (χ2v) is 4.33. The van der Waals surface area contributed by atoms with Gasteiger partial charge >= 0.3 is 0 Å². The normalized spacial score (nSPS) is 13.3. The van der Waals surface area contributed by atoms with Crippen LogP contribution in [0.2, 0.25) is 0 Å². The highest BCUT2D eigenvalue weighted by molar-refractivity contribution is 9.10. The lowest BCUT2D eigenvalue weighted by molar-refractivity contribution is 0.472. The van der Waals surface area contributed by atoms with Gasteiger partial charge in [-0.1, -0.05) is 35.8 Å². The van der Waals surface area contributed by atoms with Crippen LogP contribution in [-0.2, 0) is 0 Å². The third-order valence-corrected chi connectivity index (χ3v) is 2.75. The fourth-order valence-electron chi connectivity index (χ4n) is 1.15. The topological polar surface area (TPSA) is 46.2 Å². The van der Waals surface area contributed by atoms with Crippen molar-refractivity contribution in [1.29, 1.82) is 0 Å². The van der Waals surface area contributed by atoms with E-state index in [4.69, 9.17) is 5.73 Å². The molecule has 72 valence electrons. The van der Waals surface area contributed by atoms with Gasteiger partial charge < -0.3 is 10.8 Å². The highest BCUT2D eigenvalue weighted by Crippen LogP contribution is 2.29. The first kappa shape index (κ1) is 10.5. The van der Waals surface area contributed by atoms with Crippen LogP contribution in [-0.4, -0.2) is 5.11 Å². The van der Waals surface area contributed by atoms with E-state index in [2.05, 4.69) is 29.8 Å². The van der Waals surface area contributed by atoms with Crippen LogP contribution >= 0.6 is 15.9 Å². The molecule has 0 fully saturated rings. The molecule has 13 heavy (non-hydrogen) atoms. The van der Waals surface area contributed by atoms with E-state index in [0.29, 0.717) is 5.92 Å². The summed E-state index contributed by atoms with van der Waals surface area (Å²) in [6, 6.07) is 5.18. The molecule has 1 atom stereocenters. The number of hydrogen-bond donors (Lipinski definition) is 2. The largest absolute Gasteiger partial charge is 0.508 e. The first-order valence-electron chi connectivity index (χ1n) is 4.26. The van der Waals surface area contributed by atoms with Crippen molar-refractivity contribution in [2.45, 2.75) is 19.9 Å². The zero-order valence-corrected chi connectivity index (χ0v) is 9.38. The average Bonchev–Trinajstić information content (AvgIpc) is 2.03. The van der Waals surface area contributed by atoms with Crippen molar-refractivity contribution in [2.75, 3.05) is 0 Å². The predicted molar refractivity (Wildman–Crippen MR) is 57.6 cm³/mol. The molecule has 3 heteroatoms. The quantitative estimate of drug-likeness (QED) is 0.840. The number of rotatable bonds is 2. The van der Waals surface area contributed by atoms with Crippen molar-refractivity contribution in [2.24, 2.45) is 11.7 Å². The van der Waals surface area contributed by atoms with Crippen LogP contribution in [0.15, 0.2) is 22.7 Å². The first-order valence-corrected chi connectivity index (χ1v) is 5.05. The second kappa shape index (κ2) is 4.11. The Bertz CT molecular complexity index is 299. The molecule has 1 aromatic carbocycles. The van der Waals surface area contributed by atoms with Crippen LogP contribution in [0.25, 0.3) is 0 Å². The number of nitrogens with two attached hydrogens (primary N) is 1. The van der Waals surface area contributed by atoms with Crippen molar-refractivity contribution < 1.29 is 5.11 Å². The van der Waals surface area contributed by atoms with E-state index >= 15 is 0 Å². The Balaban J connectivity index is 3.01. The molecule has 0 radical (unpaired) electrons. The van der Waals surface area contributed by atoms with Crippen LogP contribution in [0.3, 0.4) is 0 Å². The van der Waals surface area contributed by atoms with E-state index in [1.807, 2.05) is 6.07 Å². The molecule has 0 saturated carbocycles. The van der Waals surface area contributed by atoms with Crippen LogP contribution < -0.4 is 5.73 Å². The maximum absolute atomic E-state index is 9.19. The summed E-state index contributed by atoms with van der Waals surface area (Å²) in [5.74, 6) is 0.646. The predicted octanol–water partition coefficient (Wildman–Crippen LogP) is 2.81. The zero-order valence-electron chi connectivity index (χ0n) is 7.79. The molecule has 0 aliphatic rings. The van der Waals surface area contributed by atoms with Gasteiger partial charge in [-0.05, 0) is 23.6 Å². The lowest BCUT2D eigenvalue weighted by Gasteiger charge is -2.17. The summed E-state index contributed by atoms with van der Waals surface area (Å²) in [7, 11) is 0. The summed E-state index contributed by atoms with van der Waals surface area (Å²) in [4.78, 5) is 0. The smallest absolute Gasteiger partial charge is 0.116 e. The molecule has 0 spiro atoms. The zero-order chi connectivity index (χ0) is 10.0. The van der Waals surface area contributed by atoms with Gasteiger partial charge in [0.2, 0.25) is 0 Å². The number of halogens is 1. The van der Waals surface area contributed by atoms with E-state index in [1.54, 1.807) is 12.1 Å². The Kier molecular flexibility index (Phi) is 3.33. The molecule has 0 aliphatic heterocycles. The molecule has 0 amide bonds. The molecule has 0 saturated heterocycles. The fourth-order valence-corrected chi connectivity index (χ4v) is 1.78. The third kappa shape index (κ3) is 2.45. The summed E-state index contributed by atoms with van der Waals surface area (Å²) in [5, 5.41) is 9.19. The molecular formula is C10H14BrNO. The SMILES string of the molecule is CC(C)[C@H](N)c1ccc(O)cc1Br. The molecule has 0 aliphatic carbocycles. The van der Waals surface area contributed by atoms with Gasteiger partial charge in [-0.15, -0.1) is 0 Å². The fraction of sp³-hybridized carbons (Fsp3) is 0.400. The van der Waals surface area contributed by atoms with Gasteiger partial charge in [-0.2, -0.15) is 0 Å². The van der Waals surface area contributed by atoms with Crippen LogP contribution in [0, 0.1) is 5.92 Å². The first-order chi connectivity index (χ1) is 6.02. The molecule has 1 aromatic rings. The van der Waals surface area contributed by atoms with Gasteiger partial charge in [-0.25, -0.2) is 0 Å². The minimum Gasteiger partial charge on any atom is -0.508 e. The van der Waals surface area contributed by atoms with Crippen LogP contribution in [0.1, 0.15) is 25.5 Å². The number of phenolic OH excluding ortho intramolecular Hbond substituents is 1. The van der Waals surface area contributed by atoms with E-state index < -0.39 is 0 Å².